The zero-order valence-corrected chi connectivity index (χ0v) is 8.35. The summed E-state index contributed by atoms with van der Waals surface area (Å²) in [5, 5.41) is 0.0599. The Morgan fingerprint density at radius 3 is 2.80 bits per heavy atom. The number of hydrogen-bond donors (Lipinski definition) is 0. The molecular formula is C10H6ClN3O. The Labute approximate surface area is 91.0 Å². The topological polar surface area (TPSA) is 55.7 Å². The van der Waals surface area contributed by atoms with E-state index in [0.29, 0.717) is 5.56 Å². The van der Waals surface area contributed by atoms with Crippen LogP contribution >= 0.6 is 11.6 Å². The van der Waals surface area contributed by atoms with Gasteiger partial charge in [0.1, 0.15) is 5.69 Å². The monoisotopic (exact) mass is 219 g/mol. The van der Waals surface area contributed by atoms with Gasteiger partial charge in [-0.05, 0) is 29.8 Å². The van der Waals surface area contributed by atoms with Crippen molar-refractivity contribution in [3.05, 3.63) is 53.3 Å². The first-order chi connectivity index (χ1) is 7.27. The average molecular weight is 220 g/mol. The first kappa shape index (κ1) is 9.73. The van der Waals surface area contributed by atoms with Gasteiger partial charge in [-0.2, -0.15) is 0 Å². The number of pyridine rings is 1. The third-order valence-corrected chi connectivity index (χ3v) is 1.96. The van der Waals surface area contributed by atoms with Crippen molar-refractivity contribution in [1.29, 1.82) is 0 Å². The van der Waals surface area contributed by atoms with E-state index < -0.39 is 0 Å². The summed E-state index contributed by atoms with van der Waals surface area (Å²) in [4.78, 5) is 23.2. The highest BCUT2D eigenvalue weighted by Crippen LogP contribution is 2.07. The smallest absolute Gasteiger partial charge is 0.222 e. The van der Waals surface area contributed by atoms with Crippen LogP contribution in [0.3, 0.4) is 0 Å². The van der Waals surface area contributed by atoms with Crippen LogP contribution in [0.2, 0.25) is 5.28 Å². The Kier molecular flexibility index (Phi) is 2.69. The highest BCUT2D eigenvalue weighted by Gasteiger charge is 2.10. The van der Waals surface area contributed by atoms with Crippen molar-refractivity contribution >= 4 is 17.4 Å². The molecule has 0 atom stereocenters. The molecule has 0 N–H and O–H groups in total. The van der Waals surface area contributed by atoms with Crippen LogP contribution in [-0.4, -0.2) is 20.7 Å². The lowest BCUT2D eigenvalue weighted by Crippen LogP contribution is -2.04. The molecule has 2 rings (SSSR count). The lowest BCUT2D eigenvalue weighted by Gasteiger charge is -1.98. The number of nitrogens with zero attached hydrogens (tertiary/aromatic N) is 3. The van der Waals surface area contributed by atoms with Crippen LogP contribution in [0.1, 0.15) is 16.1 Å². The number of halogens is 1. The molecule has 0 amide bonds. The third kappa shape index (κ3) is 2.16. The first-order valence-corrected chi connectivity index (χ1v) is 4.58. The fourth-order valence-electron chi connectivity index (χ4n) is 1.11. The zero-order valence-electron chi connectivity index (χ0n) is 7.59. The average Bonchev–Trinajstić information content (AvgIpc) is 2.29. The molecule has 5 heteroatoms. The van der Waals surface area contributed by atoms with Crippen LogP contribution in [0.4, 0.5) is 0 Å². The first-order valence-electron chi connectivity index (χ1n) is 4.20. The van der Waals surface area contributed by atoms with Crippen LogP contribution < -0.4 is 0 Å². The van der Waals surface area contributed by atoms with Crippen molar-refractivity contribution < 1.29 is 4.79 Å². The molecule has 74 valence electrons. The maximum absolute atomic E-state index is 11.8. The summed E-state index contributed by atoms with van der Waals surface area (Å²) < 4.78 is 0. The normalized spacial score (nSPS) is 9.93. The molecule has 0 radical (unpaired) electrons. The van der Waals surface area contributed by atoms with Crippen molar-refractivity contribution in [3.63, 3.8) is 0 Å². The van der Waals surface area contributed by atoms with Crippen molar-refractivity contribution in [3.8, 4) is 0 Å². The summed E-state index contributed by atoms with van der Waals surface area (Å²) in [6.45, 7) is 0. The molecule has 2 aromatic rings. The lowest BCUT2D eigenvalue weighted by molar-refractivity contribution is 0.103. The zero-order chi connectivity index (χ0) is 10.7. The van der Waals surface area contributed by atoms with E-state index in [1.54, 1.807) is 18.3 Å². The Bertz CT molecular complexity index is 487. The van der Waals surface area contributed by atoms with Gasteiger partial charge < -0.3 is 0 Å². The molecule has 0 aromatic carbocycles. The van der Waals surface area contributed by atoms with E-state index in [1.165, 1.54) is 18.5 Å². The van der Waals surface area contributed by atoms with E-state index in [4.69, 9.17) is 11.6 Å². The standard InChI is InChI=1S/C10H6ClN3O/c11-10-13-5-3-8(14-10)9(15)7-2-1-4-12-6-7/h1-6H. The predicted molar refractivity (Wildman–Crippen MR) is 54.7 cm³/mol. The molecule has 0 saturated carbocycles. The van der Waals surface area contributed by atoms with E-state index in [2.05, 4.69) is 15.0 Å². The summed E-state index contributed by atoms with van der Waals surface area (Å²) in [5.74, 6) is -0.215. The molecule has 0 bridgehead atoms. The van der Waals surface area contributed by atoms with Gasteiger partial charge in [-0.1, -0.05) is 0 Å². The van der Waals surface area contributed by atoms with Gasteiger partial charge in [0.05, 0.1) is 0 Å². The van der Waals surface area contributed by atoms with Gasteiger partial charge in [0.25, 0.3) is 0 Å². The van der Waals surface area contributed by atoms with Gasteiger partial charge in [0.2, 0.25) is 11.1 Å². The minimum absolute atomic E-state index is 0.0599. The maximum atomic E-state index is 11.8. The van der Waals surface area contributed by atoms with E-state index in [-0.39, 0.29) is 16.8 Å². The molecule has 2 aromatic heterocycles. The van der Waals surface area contributed by atoms with E-state index in [1.807, 2.05) is 0 Å². The van der Waals surface area contributed by atoms with Crippen molar-refractivity contribution in [2.75, 3.05) is 0 Å². The van der Waals surface area contributed by atoms with Crippen LogP contribution in [-0.2, 0) is 0 Å². The second-order valence-electron chi connectivity index (χ2n) is 2.78. The third-order valence-electron chi connectivity index (χ3n) is 1.78. The Morgan fingerprint density at radius 2 is 2.13 bits per heavy atom. The summed E-state index contributed by atoms with van der Waals surface area (Å²) in [7, 11) is 0. The van der Waals surface area contributed by atoms with E-state index in [9.17, 15) is 4.79 Å². The number of carbonyl (C=O) groups is 1. The van der Waals surface area contributed by atoms with Crippen LogP contribution in [0.25, 0.3) is 0 Å². The minimum Gasteiger partial charge on any atom is -0.287 e. The number of rotatable bonds is 2. The van der Waals surface area contributed by atoms with Gasteiger partial charge in [-0.15, -0.1) is 0 Å². The van der Waals surface area contributed by atoms with Crippen LogP contribution in [0.5, 0.6) is 0 Å². The number of aromatic nitrogens is 3. The molecule has 0 aliphatic heterocycles. The quantitative estimate of drug-likeness (QED) is 0.571. The van der Waals surface area contributed by atoms with Crippen LogP contribution in [0, 0.1) is 0 Å². The highest BCUT2D eigenvalue weighted by molar-refractivity contribution is 6.28. The molecule has 0 saturated heterocycles. The Hall–Kier alpha value is -1.81. The SMILES string of the molecule is O=C(c1cccnc1)c1ccnc(Cl)n1. The molecule has 4 nitrogen and oxygen atoms in total. The Balaban J connectivity index is 2.37. The van der Waals surface area contributed by atoms with Crippen molar-refractivity contribution in [1.82, 2.24) is 15.0 Å². The maximum Gasteiger partial charge on any atom is 0.222 e. The number of carbonyl (C=O) groups excluding carboxylic acids is 1. The minimum atomic E-state index is -0.215. The molecular weight excluding hydrogens is 214 g/mol. The summed E-state index contributed by atoms with van der Waals surface area (Å²) in [5.41, 5.74) is 0.746. The molecule has 0 spiro atoms. The number of hydrogen-bond acceptors (Lipinski definition) is 4. The number of ketones is 1. The van der Waals surface area contributed by atoms with Crippen molar-refractivity contribution in [2.24, 2.45) is 0 Å². The molecule has 15 heavy (non-hydrogen) atoms. The second-order valence-corrected chi connectivity index (χ2v) is 3.12. The van der Waals surface area contributed by atoms with Crippen molar-refractivity contribution in [2.45, 2.75) is 0 Å². The summed E-state index contributed by atoms with van der Waals surface area (Å²) in [6, 6.07) is 4.88. The molecule has 0 fully saturated rings. The highest BCUT2D eigenvalue weighted by atomic mass is 35.5. The molecule has 0 unspecified atom stereocenters. The largest absolute Gasteiger partial charge is 0.287 e. The lowest BCUT2D eigenvalue weighted by atomic mass is 10.1. The second kappa shape index (κ2) is 4.14. The molecule has 0 aliphatic rings. The van der Waals surface area contributed by atoms with Gasteiger partial charge in [0, 0.05) is 24.2 Å². The van der Waals surface area contributed by atoms with E-state index >= 15 is 0 Å². The Morgan fingerprint density at radius 1 is 1.27 bits per heavy atom. The summed E-state index contributed by atoms with van der Waals surface area (Å²) >= 11 is 5.59. The van der Waals surface area contributed by atoms with Gasteiger partial charge in [-0.3, -0.25) is 9.78 Å². The van der Waals surface area contributed by atoms with E-state index in [0.717, 1.165) is 0 Å². The van der Waals surface area contributed by atoms with Gasteiger partial charge >= 0.3 is 0 Å². The van der Waals surface area contributed by atoms with Gasteiger partial charge in [-0.25, -0.2) is 9.97 Å². The predicted octanol–water partition coefficient (Wildman–Crippen LogP) is 1.76. The van der Waals surface area contributed by atoms with Crippen LogP contribution in [0.15, 0.2) is 36.8 Å². The van der Waals surface area contributed by atoms with Gasteiger partial charge in [0.15, 0.2) is 0 Å². The fraction of sp³-hybridized carbons (Fsp3) is 0. The fourth-order valence-corrected chi connectivity index (χ4v) is 1.25. The molecule has 2 heterocycles. The summed E-state index contributed by atoms with van der Waals surface area (Å²) in [6.07, 6.45) is 4.53. The molecule has 0 aliphatic carbocycles.